The van der Waals surface area contributed by atoms with E-state index in [-0.39, 0.29) is 17.6 Å². The van der Waals surface area contributed by atoms with Gasteiger partial charge >= 0.3 is 0 Å². The quantitative estimate of drug-likeness (QED) is 0.121. The molecule has 5 aliphatic heterocycles. The normalized spacial score (nSPS) is 22.3. The van der Waals surface area contributed by atoms with Crippen molar-refractivity contribution in [1.82, 2.24) is 39.9 Å². The summed E-state index contributed by atoms with van der Waals surface area (Å²) in [5.41, 5.74) is 7.77. The first-order valence-corrected chi connectivity index (χ1v) is 25.2. The van der Waals surface area contributed by atoms with E-state index in [0.29, 0.717) is 35.9 Å². The van der Waals surface area contributed by atoms with E-state index < -0.39 is 5.92 Å². The van der Waals surface area contributed by atoms with Crippen LogP contribution in [0, 0.1) is 17.7 Å². The Balaban J connectivity index is 0.657. The Labute approximate surface area is 401 Å². The number of piperidine rings is 3. The first kappa shape index (κ1) is 45.3. The highest BCUT2D eigenvalue weighted by atomic mass is 79.9. The molecule has 0 aliphatic carbocycles. The Hall–Kier alpha value is -4.44. The summed E-state index contributed by atoms with van der Waals surface area (Å²) in [6.07, 6.45) is 7.28. The van der Waals surface area contributed by atoms with Crippen molar-refractivity contribution in [2.75, 3.05) is 101 Å². The lowest BCUT2D eigenvalue weighted by Gasteiger charge is -2.41. The summed E-state index contributed by atoms with van der Waals surface area (Å²) in [7, 11) is 0. The Kier molecular flexibility index (Phi) is 14.0. The van der Waals surface area contributed by atoms with Crippen LogP contribution in [-0.4, -0.2) is 138 Å². The minimum absolute atomic E-state index is 0.253. The van der Waals surface area contributed by atoms with Crippen LogP contribution in [0.25, 0.3) is 22.6 Å². The zero-order valence-corrected chi connectivity index (χ0v) is 40.1. The molecule has 2 amide bonds. The average Bonchev–Trinajstić information content (AvgIpc) is 3.76. The predicted molar refractivity (Wildman–Crippen MR) is 263 cm³/mol. The molecule has 0 spiro atoms. The van der Waals surface area contributed by atoms with Gasteiger partial charge in [-0.05, 0) is 107 Å². The van der Waals surface area contributed by atoms with Crippen LogP contribution < -0.4 is 15.1 Å². The van der Waals surface area contributed by atoms with Crippen molar-refractivity contribution in [2.45, 2.75) is 57.5 Å². The number of pyridine rings is 1. The third-order valence-electron chi connectivity index (χ3n) is 14.8. The van der Waals surface area contributed by atoms with Crippen LogP contribution in [0.1, 0.15) is 61.1 Å². The van der Waals surface area contributed by atoms with Gasteiger partial charge in [-0.25, -0.2) is 14.4 Å². The predicted octanol–water partition coefficient (Wildman–Crippen LogP) is 7.77. The van der Waals surface area contributed by atoms with Gasteiger partial charge in [0, 0.05) is 121 Å². The number of imidazole rings is 1. The highest BCUT2D eigenvalue weighted by Gasteiger charge is 2.31. The van der Waals surface area contributed by atoms with Crippen LogP contribution in [0.3, 0.4) is 0 Å². The molecular formula is C51H61BrClFN10O2. The number of imide groups is 1. The second-order valence-corrected chi connectivity index (χ2v) is 20.6. The van der Waals surface area contributed by atoms with E-state index in [1.165, 1.54) is 49.7 Å². The Morgan fingerprint density at radius 2 is 1.38 bits per heavy atom. The van der Waals surface area contributed by atoms with Crippen LogP contribution >= 0.6 is 27.5 Å². The molecule has 2 aromatic heterocycles. The average molecular weight is 980 g/mol. The van der Waals surface area contributed by atoms with Gasteiger partial charge in [-0.15, -0.1) is 0 Å². The van der Waals surface area contributed by atoms with Gasteiger partial charge in [0.2, 0.25) is 11.8 Å². The van der Waals surface area contributed by atoms with Crippen LogP contribution in [0.2, 0.25) is 5.02 Å². The molecule has 12 nitrogen and oxygen atoms in total. The van der Waals surface area contributed by atoms with E-state index in [9.17, 15) is 9.59 Å². The molecule has 5 aromatic rings. The molecule has 3 aromatic carbocycles. The molecule has 5 aliphatic rings. The molecule has 10 rings (SSSR count). The summed E-state index contributed by atoms with van der Waals surface area (Å²) in [4.78, 5) is 52.3. The van der Waals surface area contributed by atoms with Crippen molar-refractivity contribution >= 4 is 61.9 Å². The first-order chi connectivity index (χ1) is 32.2. The second-order valence-electron chi connectivity index (χ2n) is 19.3. The van der Waals surface area contributed by atoms with E-state index >= 15 is 4.39 Å². The molecule has 7 heterocycles. The van der Waals surface area contributed by atoms with E-state index in [2.05, 4.69) is 97.0 Å². The number of halogens is 3. The number of nitrogens with one attached hydrogen (secondary N) is 2. The van der Waals surface area contributed by atoms with E-state index in [1.54, 1.807) is 0 Å². The lowest BCUT2D eigenvalue weighted by molar-refractivity contribution is -0.134. The van der Waals surface area contributed by atoms with Gasteiger partial charge in [0.15, 0.2) is 5.65 Å². The van der Waals surface area contributed by atoms with Gasteiger partial charge in [-0.3, -0.25) is 24.7 Å². The molecule has 5 saturated heterocycles. The van der Waals surface area contributed by atoms with Gasteiger partial charge in [-0.1, -0.05) is 54.1 Å². The number of anilines is 2. The molecule has 66 heavy (non-hydrogen) atoms. The fourth-order valence-electron chi connectivity index (χ4n) is 11.1. The highest BCUT2D eigenvalue weighted by Crippen LogP contribution is 2.36. The molecule has 0 saturated carbocycles. The number of likely N-dealkylation sites (tertiary alicyclic amines) is 1. The maximum absolute atomic E-state index is 15.4. The highest BCUT2D eigenvalue weighted by molar-refractivity contribution is 9.10. The summed E-state index contributed by atoms with van der Waals surface area (Å²) in [6, 6.07) is 22.2. The van der Waals surface area contributed by atoms with E-state index in [1.807, 2.05) is 30.5 Å². The number of amides is 2. The summed E-state index contributed by atoms with van der Waals surface area (Å²) < 4.78 is 16.3. The fraction of sp³-hybridized carbons (Fsp3) is 0.490. The molecule has 5 fully saturated rings. The van der Waals surface area contributed by atoms with Crippen LogP contribution in [-0.2, 0) is 22.7 Å². The van der Waals surface area contributed by atoms with Gasteiger partial charge in [-0.2, -0.15) is 0 Å². The number of hydrogen-bond donors (Lipinski definition) is 2. The number of carbonyl (C=O) groups is 2. The number of hydrogen-bond acceptors (Lipinski definition) is 10. The Morgan fingerprint density at radius 3 is 2.08 bits per heavy atom. The lowest BCUT2D eigenvalue weighted by atomic mass is 9.90. The number of carbonyl (C=O) groups excluding carboxylic acids is 2. The maximum Gasteiger partial charge on any atom is 0.234 e. The summed E-state index contributed by atoms with van der Waals surface area (Å²) in [5, 5.41) is 3.16. The monoisotopic (exact) mass is 978 g/mol. The van der Waals surface area contributed by atoms with Crippen molar-refractivity contribution < 1.29 is 14.0 Å². The smallest absolute Gasteiger partial charge is 0.234 e. The molecule has 0 radical (unpaired) electrons. The van der Waals surface area contributed by atoms with Crippen LogP contribution in [0.15, 0.2) is 77.4 Å². The SMILES string of the molecule is O=C1CC[C@@H](c2ccc(N3CCC(CN4CCCC(CN5CCN(Cc6ccc(-c7nc8ncc(Br)c(N9CCN(Cc%10ccc(Cl)cc%10)CC9)c8[nH]7)cc6)CC5)C4)CC3)c(F)c2)C(=O)N1. The van der Waals surface area contributed by atoms with Crippen molar-refractivity contribution in [3.8, 4) is 11.4 Å². The standard InChI is InChI=1S/C51H61BrClFN10O2/c52-43-29-55-50-47(48(43)64-26-24-61(25-27-64)31-36-5-10-41(53)11-6-36)57-49(58-50)39-7-3-35(4-8-39)30-59-20-22-60(23-21-59)33-38-2-1-17-62(34-38)32-37-15-18-63(19-16-37)45-13-9-40(28-44(45)54)42-12-14-46(65)56-51(42)66/h3-11,13,28-29,37-38,42H,1-2,12,14-27,30-34H2,(H,55,57,58)(H,56,65,66)/t38?,42-/m0/s1. The summed E-state index contributed by atoms with van der Waals surface area (Å²) in [6.45, 7) is 16.4. The van der Waals surface area contributed by atoms with Crippen molar-refractivity contribution in [3.05, 3.63) is 105 Å². The number of piperazine rings is 2. The zero-order chi connectivity index (χ0) is 45.1. The number of H-pyrrole nitrogens is 1. The molecule has 0 bridgehead atoms. The second kappa shape index (κ2) is 20.4. The largest absolute Gasteiger partial charge is 0.369 e. The number of benzene rings is 3. The summed E-state index contributed by atoms with van der Waals surface area (Å²) in [5.74, 6) is 0.843. The number of fused-ring (bicyclic) bond motifs is 1. The van der Waals surface area contributed by atoms with Gasteiger partial charge in [0.1, 0.15) is 17.2 Å². The number of nitrogens with zero attached hydrogens (tertiary/aromatic N) is 8. The Morgan fingerprint density at radius 1 is 0.712 bits per heavy atom. The third kappa shape index (κ3) is 10.6. The van der Waals surface area contributed by atoms with Crippen LogP contribution in [0.5, 0.6) is 0 Å². The first-order valence-electron chi connectivity index (χ1n) is 24.1. The maximum atomic E-state index is 15.4. The third-order valence-corrected chi connectivity index (χ3v) is 15.6. The van der Waals surface area contributed by atoms with Crippen molar-refractivity contribution in [2.24, 2.45) is 11.8 Å². The molecule has 1 unspecified atom stereocenters. The number of rotatable bonds is 12. The topological polar surface area (TPSA) is 107 Å². The van der Waals surface area contributed by atoms with Gasteiger partial charge in [0.25, 0.3) is 0 Å². The minimum Gasteiger partial charge on any atom is -0.369 e. The van der Waals surface area contributed by atoms with Crippen molar-refractivity contribution in [3.63, 3.8) is 0 Å². The Bertz CT molecular complexity index is 2480. The number of aromatic amines is 1. The van der Waals surface area contributed by atoms with Gasteiger partial charge < -0.3 is 24.6 Å². The summed E-state index contributed by atoms with van der Waals surface area (Å²) >= 11 is 9.92. The van der Waals surface area contributed by atoms with E-state index in [4.69, 9.17) is 16.6 Å². The minimum atomic E-state index is -0.468. The molecule has 348 valence electrons. The molecule has 2 N–H and O–H groups in total. The zero-order valence-electron chi connectivity index (χ0n) is 37.7. The molecular weight excluding hydrogens is 919 g/mol. The molecule has 2 atom stereocenters. The van der Waals surface area contributed by atoms with E-state index in [0.717, 1.165) is 136 Å². The van der Waals surface area contributed by atoms with Gasteiger partial charge in [0.05, 0.1) is 21.8 Å². The fourth-order valence-corrected chi connectivity index (χ4v) is 11.7. The lowest BCUT2D eigenvalue weighted by Crippen LogP contribution is -2.49. The molecule has 15 heteroatoms. The number of aromatic nitrogens is 3. The van der Waals surface area contributed by atoms with Crippen molar-refractivity contribution in [1.29, 1.82) is 0 Å². The van der Waals surface area contributed by atoms with Crippen LogP contribution in [0.4, 0.5) is 15.8 Å².